The van der Waals surface area contributed by atoms with Crippen LogP contribution >= 0.6 is 0 Å². The first-order valence-corrected chi connectivity index (χ1v) is 9.19. The molecule has 0 saturated heterocycles. The molecule has 122 valence electrons. The summed E-state index contributed by atoms with van der Waals surface area (Å²) in [5, 5.41) is 0. The van der Waals surface area contributed by atoms with Crippen LogP contribution in [0.25, 0.3) is 5.57 Å². The molecule has 2 unspecified atom stereocenters. The molecule has 0 heterocycles. The third-order valence-corrected chi connectivity index (χ3v) is 4.74. The molecule has 0 aliphatic heterocycles. The van der Waals surface area contributed by atoms with Gasteiger partial charge in [0.2, 0.25) is 0 Å². The van der Waals surface area contributed by atoms with Crippen molar-refractivity contribution in [3.8, 4) is 5.75 Å². The lowest BCUT2D eigenvalue weighted by Gasteiger charge is -2.22. The van der Waals surface area contributed by atoms with Crippen molar-refractivity contribution in [2.45, 2.75) is 78.2 Å². The molecule has 22 heavy (non-hydrogen) atoms. The predicted octanol–water partition coefficient (Wildman–Crippen LogP) is 6.63. The van der Waals surface area contributed by atoms with Crippen molar-refractivity contribution in [3.05, 3.63) is 35.9 Å². The van der Waals surface area contributed by atoms with Gasteiger partial charge in [0.1, 0.15) is 5.75 Å². The van der Waals surface area contributed by atoms with Gasteiger partial charge < -0.3 is 4.74 Å². The summed E-state index contributed by atoms with van der Waals surface area (Å²) in [6.45, 7) is 6.64. The number of hydrogen-bond acceptors (Lipinski definition) is 1. The zero-order chi connectivity index (χ0) is 15.8. The maximum absolute atomic E-state index is 5.94. The third kappa shape index (κ3) is 5.19. The van der Waals surface area contributed by atoms with Crippen molar-refractivity contribution >= 4 is 5.57 Å². The monoisotopic (exact) mass is 300 g/mol. The molecule has 1 aliphatic rings. The highest BCUT2D eigenvalue weighted by Gasteiger charge is 2.15. The van der Waals surface area contributed by atoms with Gasteiger partial charge in [0.25, 0.3) is 0 Å². The van der Waals surface area contributed by atoms with Gasteiger partial charge in [-0.2, -0.15) is 0 Å². The molecule has 1 nitrogen and oxygen atoms in total. The Morgan fingerprint density at radius 3 is 2.50 bits per heavy atom. The van der Waals surface area contributed by atoms with Crippen LogP contribution < -0.4 is 4.74 Å². The highest BCUT2D eigenvalue weighted by Crippen LogP contribution is 2.33. The summed E-state index contributed by atoms with van der Waals surface area (Å²) >= 11 is 0. The molecule has 1 heteroatoms. The van der Waals surface area contributed by atoms with Crippen molar-refractivity contribution < 1.29 is 4.74 Å². The molecular weight excluding hydrogens is 268 g/mol. The summed E-state index contributed by atoms with van der Waals surface area (Å²) in [5.74, 6) is 1.92. The fourth-order valence-electron chi connectivity index (χ4n) is 3.35. The minimum absolute atomic E-state index is 0.309. The minimum Gasteiger partial charge on any atom is -0.491 e. The van der Waals surface area contributed by atoms with Gasteiger partial charge in [-0.15, -0.1) is 0 Å². The molecule has 2 rings (SSSR count). The molecular formula is C21H32O. The number of allylic oxidation sites excluding steroid dienone is 2. The van der Waals surface area contributed by atoms with Gasteiger partial charge in [-0.25, -0.2) is 0 Å². The van der Waals surface area contributed by atoms with Crippen LogP contribution in [0.5, 0.6) is 5.75 Å². The van der Waals surface area contributed by atoms with E-state index in [1.807, 2.05) is 0 Å². The van der Waals surface area contributed by atoms with Crippen molar-refractivity contribution in [2.75, 3.05) is 0 Å². The van der Waals surface area contributed by atoms with Crippen molar-refractivity contribution in [1.29, 1.82) is 0 Å². The molecule has 1 aliphatic carbocycles. The van der Waals surface area contributed by atoms with Crippen molar-refractivity contribution in [1.82, 2.24) is 0 Å². The Morgan fingerprint density at radius 1 is 1.14 bits per heavy atom. The molecule has 0 amide bonds. The highest BCUT2D eigenvalue weighted by atomic mass is 16.5. The standard InChI is InChI=1S/C21H32O/c1-4-6-8-18-9-11-19(12-10-18)20-13-15-21(16-14-20)22-17(3)7-5-2/h11,13-18H,4-10,12H2,1-3H3. The Morgan fingerprint density at radius 2 is 1.91 bits per heavy atom. The average molecular weight is 300 g/mol. The quantitative estimate of drug-likeness (QED) is 0.523. The van der Waals surface area contributed by atoms with Crippen LogP contribution in [0, 0.1) is 5.92 Å². The smallest absolute Gasteiger partial charge is 0.119 e. The van der Waals surface area contributed by atoms with Gasteiger partial charge in [0.05, 0.1) is 6.10 Å². The minimum atomic E-state index is 0.309. The number of hydrogen-bond donors (Lipinski definition) is 0. The number of ether oxygens (including phenoxy) is 1. The fraction of sp³-hybridized carbons (Fsp3) is 0.619. The van der Waals surface area contributed by atoms with Crippen LogP contribution in [-0.4, -0.2) is 6.10 Å². The largest absolute Gasteiger partial charge is 0.491 e. The van der Waals surface area contributed by atoms with E-state index < -0.39 is 0 Å². The van der Waals surface area contributed by atoms with Crippen molar-refractivity contribution in [2.24, 2.45) is 5.92 Å². The van der Waals surface area contributed by atoms with E-state index in [2.05, 4.69) is 51.1 Å². The zero-order valence-corrected chi connectivity index (χ0v) is 14.6. The lowest BCUT2D eigenvalue weighted by atomic mass is 9.84. The summed E-state index contributed by atoms with van der Waals surface area (Å²) in [6.07, 6.45) is 13.0. The second kappa shape index (κ2) is 9.02. The predicted molar refractivity (Wildman–Crippen MR) is 96.3 cm³/mol. The summed E-state index contributed by atoms with van der Waals surface area (Å²) in [5.41, 5.74) is 2.91. The van der Waals surface area contributed by atoms with Gasteiger partial charge >= 0.3 is 0 Å². The zero-order valence-electron chi connectivity index (χ0n) is 14.6. The van der Waals surface area contributed by atoms with Crippen LogP contribution in [0.1, 0.15) is 77.7 Å². The first-order valence-electron chi connectivity index (χ1n) is 9.19. The fourth-order valence-corrected chi connectivity index (χ4v) is 3.35. The van der Waals surface area contributed by atoms with E-state index in [1.165, 1.54) is 56.1 Å². The van der Waals surface area contributed by atoms with Crippen LogP contribution in [0.15, 0.2) is 30.3 Å². The van der Waals surface area contributed by atoms with Gasteiger partial charge in [-0.05, 0) is 61.8 Å². The molecule has 0 N–H and O–H groups in total. The Labute approximate surface area is 136 Å². The molecule has 0 aromatic heterocycles. The third-order valence-electron chi connectivity index (χ3n) is 4.74. The second-order valence-electron chi connectivity index (χ2n) is 6.75. The molecule has 1 aromatic carbocycles. The van der Waals surface area contributed by atoms with E-state index >= 15 is 0 Å². The van der Waals surface area contributed by atoms with Crippen LogP contribution in [-0.2, 0) is 0 Å². The SMILES string of the molecule is CCCCC1CC=C(c2ccc(OC(C)CCC)cc2)CC1. The molecule has 0 saturated carbocycles. The molecule has 0 radical (unpaired) electrons. The van der Waals surface area contributed by atoms with E-state index in [0.717, 1.165) is 18.1 Å². The number of unbranched alkanes of at least 4 members (excludes halogenated alkanes) is 1. The lowest BCUT2D eigenvalue weighted by Crippen LogP contribution is -2.10. The van der Waals surface area contributed by atoms with E-state index in [4.69, 9.17) is 4.74 Å². The Kier molecular flexibility index (Phi) is 7.02. The van der Waals surface area contributed by atoms with Gasteiger partial charge in [0, 0.05) is 0 Å². The Hall–Kier alpha value is -1.24. The maximum atomic E-state index is 5.94. The topological polar surface area (TPSA) is 9.23 Å². The molecule has 2 atom stereocenters. The van der Waals surface area contributed by atoms with Crippen LogP contribution in [0.2, 0.25) is 0 Å². The van der Waals surface area contributed by atoms with E-state index in [0.29, 0.717) is 6.10 Å². The van der Waals surface area contributed by atoms with E-state index in [9.17, 15) is 0 Å². The van der Waals surface area contributed by atoms with Crippen LogP contribution in [0.3, 0.4) is 0 Å². The molecule has 1 aromatic rings. The Bertz CT molecular complexity index is 457. The van der Waals surface area contributed by atoms with E-state index in [1.54, 1.807) is 0 Å². The number of benzene rings is 1. The highest BCUT2D eigenvalue weighted by molar-refractivity contribution is 5.66. The molecule has 0 spiro atoms. The summed E-state index contributed by atoms with van der Waals surface area (Å²) in [6, 6.07) is 8.72. The van der Waals surface area contributed by atoms with Gasteiger partial charge in [-0.1, -0.05) is 57.7 Å². The van der Waals surface area contributed by atoms with Gasteiger partial charge in [-0.3, -0.25) is 0 Å². The second-order valence-corrected chi connectivity index (χ2v) is 6.75. The number of rotatable bonds is 8. The Balaban J connectivity index is 1.89. The average Bonchev–Trinajstić information content (AvgIpc) is 2.54. The van der Waals surface area contributed by atoms with Gasteiger partial charge in [0.15, 0.2) is 0 Å². The lowest BCUT2D eigenvalue weighted by molar-refractivity contribution is 0.210. The summed E-state index contributed by atoms with van der Waals surface area (Å²) in [7, 11) is 0. The van der Waals surface area contributed by atoms with Crippen molar-refractivity contribution in [3.63, 3.8) is 0 Å². The first kappa shape index (κ1) is 17.1. The van der Waals surface area contributed by atoms with Crippen LogP contribution in [0.4, 0.5) is 0 Å². The normalized spacial score (nSPS) is 19.6. The first-order chi connectivity index (χ1) is 10.7. The molecule has 0 fully saturated rings. The van der Waals surface area contributed by atoms with E-state index in [-0.39, 0.29) is 0 Å². The maximum Gasteiger partial charge on any atom is 0.119 e. The summed E-state index contributed by atoms with van der Waals surface area (Å²) in [4.78, 5) is 0. The molecule has 0 bridgehead atoms. The summed E-state index contributed by atoms with van der Waals surface area (Å²) < 4.78 is 5.94.